The summed E-state index contributed by atoms with van der Waals surface area (Å²) in [6, 6.07) is 74.1. The summed E-state index contributed by atoms with van der Waals surface area (Å²) in [5.41, 5.74) is 14.1. The fourth-order valence-corrected chi connectivity index (χ4v) is 8.44. The van der Waals surface area contributed by atoms with Crippen LogP contribution in [0.15, 0.2) is 206 Å². The molecule has 1 aromatic heterocycles. The van der Waals surface area contributed by atoms with Crippen LogP contribution in [0.25, 0.3) is 67.5 Å². The van der Waals surface area contributed by atoms with Gasteiger partial charge in [0, 0.05) is 16.7 Å². The van der Waals surface area contributed by atoms with Crippen molar-refractivity contribution in [3.05, 3.63) is 234 Å². The van der Waals surface area contributed by atoms with Crippen molar-refractivity contribution in [3.8, 4) is 73.6 Å². The molecule has 10 rings (SSSR count). The second-order valence-electron chi connectivity index (χ2n) is 14.3. The summed E-state index contributed by atoms with van der Waals surface area (Å²) in [6.07, 6.45) is 0. The maximum atomic E-state index is 10.1. The van der Waals surface area contributed by atoms with Crippen LogP contribution in [0.5, 0.6) is 0 Å². The van der Waals surface area contributed by atoms with Crippen molar-refractivity contribution in [2.45, 2.75) is 5.41 Å². The third-order valence-corrected chi connectivity index (χ3v) is 11.1. The van der Waals surface area contributed by atoms with E-state index < -0.39 is 5.41 Å². The van der Waals surface area contributed by atoms with E-state index in [2.05, 4.69) is 127 Å². The molecule has 0 bridgehead atoms. The fraction of sp³-hybridized carbons (Fsp3) is 0.0189. The molecule has 0 unspecified atom stereocenters. The van der Waals surface area contributed by atoms with E-state index >= 15 is 0 Å². The number of fused-ring (bicyclic) bond motifs is 3. The number of hydrogen-bond acceptors (Lipinski definition) is 4. The molecule has 9 aromatic rings. The fourth-order valence-electron chi connectivity index (χ4n) is 8.44. The van der Waals surface area contributed by atoms with Crippen LogP contribution >= 0.6 is 0 Å². The van der Waals surface area contributed by atoms with Crippen molar-refractivity contribution >= 4 is 0 Å². The monoisotopic (exact) mass is 726 g/mol. The van der Waals surface area contributed by atoms with Crippen LogP contribution in [-0.4, -0.2) is 15.0 Å². The SMILES string of the molecule is N#Cc1ccccc1-c1ccc2c(c1)C(c1ccccc1)(c1ccccc1)c1cc(-c3cccc(-c4nc(-c5ccccc5)nc(-c5ccccc5)n4)c3)ccc1-2. The molecule has 0 aliphatic heterocycles. The van der Waals surface area contributed by atoms with Crippen LogP contribution in [-0.2, 0) is 5.41 Å². The van der Waals surface area contributed by atoms with Gasteiger partial charge >= 0.3 is 0 Å². The molecule has 266 valence electrons. The highest BCUT2D eigenvalue weighted by Crippen LogP contribution is 2.57. The Morgan fingerprint density at radius 3 is 1.32 bits per heavy atom. The Hall–Kier alpha value is -7.74. The first-order valence-electron chi connectivity index (χ1n) is 19.1. The molecular weight excluding hydrogens is 693 g/mol. The number of aromatic nitrogens is 3. The molecule has 4 nitrogen and oxygen atoms in total. The van der Waals surface area contributed by atoms with E-state index in [4.69, 9.17) is 15.0 Å². The molecule has 1 aliphatic carbocycles. The second kappa shape index (κ2) is 14.2. The van der Waals surface area contributed by atoms with Crippen molar-refractivity contribution in [2.75, 3.05) is 0 Å². The predicted molar refractivity (Wildman–Crippen MR) is 229 cm³/mol. The minimum atomic E-state index is -0.623. The van der Waals surface area contributed by atoms with E-state index in [9.17, 15) is 5.26 Å². The lowest BCUT2D eigenvalue weighted by Crippen LogP contribution is -2.28. The van der Waals surface area contributed by atoms with Crippen molar-refractivity contribution in [1.29, 1.82) is 5.26 Å². The highest BCUT2D eigenvalue weighted by Gasteiger charge is 2.46. The van der Waals surface area contributed by atoms with E-state index in [1.807, 2.05) is 84.9 Å². The molecule has 0 N–H and O–H groups in total. The van der Waals surface area contributed by atoms with Gasteiger partial charge in [-0.05, 0) is 79.9 Å². The average molecular weight is 727 g/mol. The van der Waals surface area contributed by atoms with Gasteiger partial charge in [-0.3, -0.25) is 0 Å². The molecule has 4 heteroatoms. The van der Waals surface area contributed by atoms with E-state index in [0.717, 1.165) is 38.9 Å². The Bertz CT molecular complexity index is 2860. The van der Waals surface area contributed by atoms with E-state index in [1.54, 1.807) is 0 Å². The summed E-state index contributed by atoms with van der Waals surface area (Å²) in [4.78, 5) is 15.0. The van der Waals surface area contributed by atoms with Gasteiger partial charge in [-0.15, -0.1) is 0 Å². The minimum Gasteiger partial charge on any atom is -0.208 e. The molecule has 0 radical (unpaired) electrons. The molecule has 57 heavy (non-hydrogen) atoms. The summed E-state index contributed by atoms with van der Waals surface area (Å²) in [5, 5.41) is 10.1. The van der Waals surface area contributed by atoms with Gasteiger partial charge in [0.2, 0.25) is 0 Å². The average Bonchev–Trinajstić information content (AvgIpc) is 3.59. The molecule has 1 aliphatic rings. The molecule has 0 saturated carbocycles. The lowest BCUT2D eigenvalue weighted by molar-refractivity contribution is 0.769. The maximum Gasteiger partial charge on any atom is 0.164 e. The van der Waals surface area contributed by atoms with Crippen molar-refractivity contribution < 1.29 is 0 Å². The quantitative estimate of drug-likeness (QED) is 0.164. The highest BCUT2D eigenvalue weighted by atomic mass is 15.0. The largest absolute Gasteiger partial charge is 0.208 e. The van der Waals surface area contributed by atoms with Crippen molar-refractivity contribution in [2.24, 2.45) is 0 Å². The Labute approximate surface area is 332 Å². The van der Waals surface area contributed by atoms with Gasteiger partial charge in [-0.25, -0.2) is 15.0 Å². The number of nitrogens with zero attached hydrogens (tertiary/aromatic N) is 4. The first-order valence-corrected chi connectivity index (χ1v) is 19.1. The van der Waals surface area contributed by atoms with Crippen LogP contribution < -0.4 is 0 Å². The lowest BCUT2D eigenvalue weighted by atomic mass is 9.67. The molecule has 0 saturated heterocycles. The summed E-state index contributed by atoms with van der Waals surface area (Å²) < 4.78 is 0. The predicted octanol–water partition coefficient (Wildman–Crippen LogP) is 12.4. The Balaban J connectivity index is 1.16. The van der Waals surface area contributed by atoms with Crippen LogP contribution in [0.2, 0.25) is 0 Å². The van der Waals surface area contributed by atoms with Gasteiger partial charge in [-0.1, -0.05) is 182 Å². The first-order chi connectivity index (χ1) is 28.2. The zero-order chi connectivity index (χ0) is 38.2. The van der Waals surface area contributed by atoms with Gasteiger partial charge < -0.3 is 0 Å². The summed E-state index contributed by atoms with van der Waals surface area (Å²) in [5.74, 6) is 1.88. The van der Waals surface area contributed by atoms with Crippen molar-refractivity contribution in [1.82, 2.24) is 15.0 Å². The van der Waals surface area contributed by atoms with Crippen LogP contribution in [0.3, 0.4) is 0 Å². The highest BCUT2D eigenvalue weighted by molar-refractivity contribution is 5.91. The molecule has 0 fully saturated rings. The Morgan fingerprint density at radius 1 is 0.333 bits per heavy atom. The van der Waals surface area contributed by atoms with Crippen molar-refractivity contribution in [3.63, 3.8) is 0 Å². The first kappa shape index (κ1) is 33.8. The maximum absolute atomic E-state index is 10.1. The van der Waals surface area contributed by atoms with Gasteiger partial charge in [0.1, 0.15) is 0 Å². The molecule has 8 aromatic carbocycles. The minimum absolute atomic E-state index is 0.617. The topological polar surface area (TPSA) is 62.5 Å². The van der Waals surface area contributed by atoms with Gasteiger partial charge in [0.15, 0.2) is 17.5 Å². The number of rotatable bonds is 7. The van der Waals surface area contributed by atoms with E-state index in [0.29, 0.717) is 23.0 Å². The Morgan fingerprint density at radius 2 is 0.754 bits per heavy atom. The Kier molecular flexibility index (Phi) is 8.39. The summed E-state index contributed by atoms with van der Waals surface area (Å²) in [7, 11) is 0. The molecule has 0 atom stereocenters. The van der Waals surface area contributed by atoms with Gasteiger partial charge in [-0.2, -0.15) is 5.26 Å². The normalized spacial score (nSPS) is 12.3. The number of nitriles is 1. The molecule has 0 spiro atoms. The van der Waals surface area contributed by atoms with Crippen LogP contribution in [0.1, 0.15) is 27.8 Å². The van der Waals surface area contributed by atoms with Crippen LogP contribution in [0, 0.1) is 11.3 Å². The zero-order valence-electron chi connectivity index (χ0n) is 30.9. The number of hydrogen-bond donors (Lipinski definition) is 0. The molecular formula is C53H34N4. The summed E-state index contributed by atoms with van der Waals surface area (Å²) in [6.45, 7) is 0. The lowest BCUT2D eigenvalue weighted by Gasteiger charge is -2.34. The standard InChI is InChI=1S/C53H34N4/c54-35-42-20-13-14-27-45(42)40-29-31-47-46-30-28-39(33-48(46)53(49(47)34-40,43-23-9-3-10-24-43)44-25-11-4-12-26-44)38-21-15-22-41(32-38)52-56-50(36-16-5-1-6-17-36)55-51(57-52)37-18-7-2-8-19-37/h1-34H. The third kappa shape index (κ3) is 5.82. The molecule has 1 heterocycles. The zero-order valence-corrected chi connectivity index (χ0v) is 30.9. The van der Waals surface area contributed by atoms with Gasteiger partial charge in [0.25, 0.3) is 0 Å². The third-order valence-electron chi connectivity index (χ3n) is 11.1. The second-order valence-corrected chi connectivity index (χ2v) is 14.3. The van der Waals surface area contributed by atoms with E-state index in [-0.39, 0.29) is 0 Å². The smallest absolute Gasteiger partial charge is 0.164 e. The van der Waals surface area contributed by atoms with Gasteiger partial charge in [0.05, 0.1) is 17.0 Å². The van der Waals surface area contributed by atoms with E-state index in [1.165, 1.54) is 33.4 Å². The van der Waals surface area contributed by atoms with Crippen LogP contribution in [0.4, 0.5) is 0 Å². The summed E-state index contributed by atoms with van der Waals surface area (Å²) >= 11 is 0. The molecule has 0 amide bonds. The number of benzene rings is 8.